The summed E-state index contributed by atoms with van der Waals surface area (Å²) < 4.78 is 0. The fourth-order valence-corrected chi connectivity index (χ4v) is 1.30. The number of hydrogen-bond donors (Lipinski definition) is 3. The van der Waals surface area contributed by atoms with E-state index >= 15 is 0 Å². The summed E-state index contributed by atoms with van der Waals surface area (Å²) in [7, 11) is 0. The fourth-order valence-electron chi connectivity index (χ4n) is 1.30. The van der Waals surface area contributed by atoms with E-state index in [9.17, 15) is 9.59 Å². The lowest BCUT2D eigenvalue weighted by Gasteiger charge is -2.13. The summed E-state index contributed by atoms with van der Waals surface area (Å²) in [6.45, 7) is 1.77. The highest BCUT2D eigenvalue weighted by atomic mass is 16.2. The smallest absolute Gasteiger partial charge is 0.252 e. The first-order chi connectivity index (χ1) is 7.54. The molecule has 1 aromatic rings. The molecule has 0 heterocycles. The van der Waals surface area contributed by atoms with Crippen LogP contribution in [-0.4, -0.2) is 17.9 Å². The lowest BCUT2D eigenvalue weighted by atomic mass is 10.1. The number of carbonyl (C=O) groups excluding carboxylic acids is 2. The third kappa shape index (κ3) is 2.98. The average molecular weight is 221 g/mol. The molecule has 0 spiro atoms. The van der Waals surface area contributed by atoms with Gasteiger partial charge in [0.15, 0.2) is 0 Å². The van der Waals surface area contributed by atoms with E-state index in [2.05, 4.69) is 5.32 Å². The van der Waals surface area contributed by atoms with Gasteiger partial charge in [-0.3, -0.25) is 9.59 Å². The Kier molecular flexibility index (Phi) is 3.88. The maximum atomic E-state index is 11.7. The van der Waals surface area contributed by atoms with Crippen molar-refractivity contribution in [3.63, 3.8) is 0 Å². The van der Waals surface area contributed by atoms with E-state index in [-0.39, 0.29) is 5.91 Å². The normalized spacial score (nSPS) is 11.8. The second kappa shape index (κ2) is 5.16. The van der Waals surface area contributed by atoms with E-state index in [4.69, 9.17) is 11.5 Å². The molecule has 5 heteroatoms. The summed E-state index contributed by atoms with van der Waals surface area (Å²) in [5, 5.41) is 2.54. The van der Waals surface area contributed by atoms with Gasteiger partial charge in [0.2, 0.25) is 5.91 Å². The van der Waals surface area contributed by atoms with Crippen LogP contribution in [0.1, 0.15) is 23.7 Å². The molecule has 0 radical (unpaired) electrons. The Morgan fingerprint density at radius 3 is 2.62 bits per heavy atom. The fraction of sp³-hybridized carbons (Fsp3) is 0.273. The van der Waals surface area contributed by atoms with Crippen molar-refractivity contribution in [1.82, 2.24) is 5.32 Å². The Hall–Kier alpha value is -2.04. The van der Waals surface area contributed by atoms with Crippen molar-refractivity contribution in [2.24, 2.45) is 5.73 Å². The van der Waals surface area contributed by atoms with E-state index in [0.717, 1.165) is 0 Å². The van der Waals surface area contributed by atoms with Gasteiger partial charge in [0.1, 0.15) is 6.04 Å². The molecule has 0 aliphatic carbocycles. The zero-order valence-corrected chi connectivity index (χ0v) is 9.07. The van der Waals surface area contributed by atoms with Gasteiger partial charge in [0.25, 0.3) is 5.91 Å². The Morgan fingerprint density at radius 1 is 1.44 bits per heavy atom. The Morgan fingerprint density at radius 2 is 2.12 bits per heavy atom. The summed E-state index contributed by atoms with van der Waals surface area (Å²) in [4.78, 5) is 22.6. The van der Waals surface area contributed by atoms with Crippen LogP contribution < -0.4 is 16.8 Å². The van der Waals surface area contributed by atoms with Crippen LogP contribution in [0, 0.1) is 0 Å². The lowest BCUT2D eigenvalue weighted by molar-refractivity contribution is -0.119. The van der Waals surface area contributed by atoms with Gasteiger partial charge in [0.05, 0.1) is 0 Å². The molecule has 0 aromatic heterocycles. The molecule has 1 rings (SSSR count). The average Bonchev–Trinajstić information content (AvgIpc) is 2.25. The predicted molar refractivity (Wildman–Crippen MR) is 61.6 cm³/mol. The monoisotopic (exact) mass is 221 g/mol. The number of nitrogens with one attached hydrogen (secondary N) is 1. The second-order valence-corrected chi connectivity index (χ2v) is 3.46. The van der Waals surface area contributed by atoms with Crippen molar-refractivity contribution in [1.29, 1.82) is 0 Å². The quantitative estimate of drug-likeness (QED) is 0.636. The standard InChI is InChI=1S/C11H15N3O2/c1-2-9(10(13)15)14-11(16)7-4-3-5-8(12)6-7/h3-6,9H,2,12H2,1H3,(H2,13,15)(H,14,16). The van der Waals surface area contributed by atoms with Gasteiger partial charge in [0, 0.05) is 11.3 Å². The largest absolute Gasteiger partial charge is 0.399 e. The van der Waals surface area contributed by atoms with Crippen LogP contribution in [0.4, 0.5) is 5.69 Å². The molecule has 1 aromatic carbocycles. The van der Waals surface area contributed by atoms with Crippen LogP contribution in [0.2, 0.25) is 0 Å². The Balaban J connectivity index is 2.75. The van der Waals surface area contributed by atoms with Gasteiger partial charge in [-0.25, -0.2) is 0 Å². The van der Waals surface area contributed by atoms with E-state index in [0.29, 0.717) is 17.7 Å². The second-order valence-electron chi connectivity index (χ2n) is 3.46. The van der Waals surface area contributed by atoms with Crippen molar-refractivity contribution < 1.29 is 9.59 Å². The van der Waals surface area contributed by atoms with Crippen molar-refractivity contribution in [2.75, 3.05) is 5.73 Å². The molecule has 5 nitrogen and oxygen atoms in total. The van der Waals surface area contributed by atoms with Gasteiger partial charge < -0.3 is 16.8 Å². The molecule has 0 fully saturated rings. The van der Waals surface area contributed by atoms with Gasteiger partial charge in [-0.15, -0.1) is 0 Å². The van der Waals surface area contributed by atoms with Crippen LogP contribution in [0.25, 0.3) is 0 Å². The molecule has 2 amide bonds. The molecule has 0 saturated heterocycles. The molecule has 0 aliphatic rings. The summed E-state index contributed by atoms with van der Waals surface area (Å²) in [6, 6.07) is 5.88. The first-order valence-corrected chi connectivity index (χ1v) is 5.00. The maximum absolute atomic E-state index is 11.7. The van der Waals surface area contributed by atoms with E-state index in [1.807, 2.05) is 0 Å². The third-order valence-corrected chi connectivity index (χ3v) is 2.21. The highest BCUT2D eigenvalue weighted by Gasteiger charge is 2.16. The number of anilines is 1. The number of hydrogen-bond acceptors (Lipinski definition) is 3. The van der Waals surface area contributed by atoms with Gasteiger partial charge in [-0.2, -0.15) is 0 Å². The number of primary amides is 1. The maximum Gasteiger partial charge on any atom is 0.252 e. The van der Waals surface area contributed by atoms with Crippen LogP contribution in [-0.2, 0) is 4.79 Å². The number of carbonyl (C=O) groups is 2. The molecule has 1 unspecified atom stereocenters. The van der Waals surface area contributed by atoms with Crippen molar-refractivity contribution >= 4 is 17.5 Å². The minimum Gasteiger partial charge on any atom is -0.399 e. The molecule has 86 valence electrons. The minimum atomic E-state index is -0.645. The van der Waals surface area contributed by atoms with E-state index in [1.54, 1.807) is 31.2 Å². The Labute approximate surface area is 93.8 Å². The molecule has 0 bridgehead atoms. The zero-order chi connectivity index (χ0) is 12.1. The minimum absolute atomic E-state index is 0.349. The number of benzene rings is 1. The number of rotatable bonds is 4. The van der Waals surface area contributed by atoms with Gasteiger partial charge in [-0.05, 0) is 24.6 Å². The van der Waals surface area contributed by atoms with Crippen LogP contribution in [0.3, 0.4) is 0 Å². The Bertz CT molecular complexity index is 404. The summed E-state index contributed by atoms with van der Waals surface area (Å²) in [6.07, 6.45) is 0.462. The summed E-state index contributed by atoms with van der Waals surface area (Å²) >= 11 is 0. The number of nitrogens with two attached hydrogens (primary N) is 2. The number of amides is 2. The summed E-state index contributed by atoms with van der Waals surface area (Å²) in [5.74, 6) is -0.891. The lowest BCUT2D eigenvalue weighted by Crippen LogP contribution is -2.43. The van der Waals surface area contributed by atoms with Crippen LogP contribution >= 0.6 is 0 Å². The van der Waals surface area contributed by atoms with Crippen molar-refractivity contribution in [2.45, 2.75) is 19.4 Å². The SMILES string of the molecule is CCC(NC(=O)c1cccc(N)c1)C(N)=O. The van der Waals surface area contributed by atoms with Crippen molar-refractivity contribution in [3.8, 4) is 0 Å². The first-order valence-electron chi connectivity index (χ1n) is 5.00. The topological polar surface area (TPSA) is 98.2 Å². The molecular weight excluding hydrogens is 206 g/mol. The van der Waals surface area contributed by atoms with E-state index < -0.39 is 11.9 Å². The third-order valence-electron chi connectivity index (χ3n) is 2.21. The highest BCUT2D eigenvalue weighted by molar-refractivity contribution is 5.97. The molecule has 16 heavy (non-hydrogen) atoms. The molecule has 5 N–H and O–H groups in total. The van der Waals surface area contributed by atoms with Crippen LogP contribution in [0.5, 0.6) is 0 Å². The highest BCUT2D eigenvalue weighted by Crippen LogP contribution is 2.06. The van der Waals surface area contributed by atoms with Crippen molar-refractivity contribution in [3.05, 3.63) is 29.8 Å². The molecule has 1 atom stereocenters. The molecule has 0 saturated carbocycles. The molecule has 0 aliphatic heterocycles. The zero-order valence-electron chi connectivity index (χ0n) is 9.07. The van der Waals surface area contributed by atoms with Gasteiger partial charge in [-0.1, -0.05) is 13.0 Å². The van der Waals surface area contributed by atoms with E-state index in [1.165, 1.54) is 0 Å². The summed E-state index contributed by atoms with van der Waals surface area (Å²) in [5.41, 5.74) is 11.6. The first kappa shape index (κ1) is 12.0. The number of nitrogen functional groups attached to an aromatic ring is 1. The predicted octanol–water partition coefficient (Wildman–Crippen LogP) is 0.262. The molecular formula is C11H15N3O2. The van der Waals surface area contributed by atoms with Crippen LogP contribution in [0.15, 0.2) is 24.3 Å². The van der Waals surface area contributed by atoms with Gasteiger partial charge >= 0.3 is 0 Å².